The molecule has 1 amide bonds. The summed E-state index contributed by atoms with van der Waals surface area (Å²) in [6.45, 7) is 9.42. The first-order valence-electron chi connectivity index (χ1n) is 10.0. The first-order chi connectivity index (χ1) is 13.1. The molecular weight excluding hydrogens is 338 g/mol. The quantitative estimate of drug-likeness (QED) is 0.877. The molecule has 1 spiro atoms. The molecular formula is C21H27N5O. The van der Waals surface area contributed by atoms with Crippen molar-refractivity contribution in [3.8, 4) is 11.3 Å². The van der Waals surface area contributed by atoms with Crippen LogP contribution in [-0.4, -0.2) is 59.5 Å². The van der Waals surface area contributed by atoms with Gasteiger partial charge in [-0.2, -0.15) is 0 Å². The van der Waals surface area contributed by atoms with E-state index in [9.17, 15) is 4.79 Å². The van der Waals surface area contributed by atoms with Crippen molar-refractivity contribution in [1.82, 2.24) is 20.2 Å². The number of nitrogens with zero attached hydrogens (tertiary/aromatic N) is 3. The second-order valence-electron chi connectivity index (χ2n) is 8.45. The maximum Gasteiger partial charge on any atom is 0.253 e. The van der Waals surface area contributed by atoms with Crippen LogP contribution in [0.2, 0.25) is 0 Å². The third kappa shape index (κ3) is 2.83. The van der Waals surface area contributed by atoms with Crippen molar-refractivity contribution in [1.29, 1.82) is 0 Å². The zero-order chi connectivity index (χ0) is 18.6. The lowest BCUT2D eigenvalue weighted by molar-refractivity contribution is 0.0937. The Hall–Kier alpha value is -2.34. The van der Waals surface area contributed by atoms with Gasteiger partial charge in [0.2, 0.25) is 0 Å². The normalized spacial score (nSPS) is 21.4. The van der Waals surface area contributed by atoms with E-state index < -0.39 is 0 Å². The second kappa shape index (κ2) is 6.09. The zero-order valence-corrected chi connectivity index (χ0v) is 16.1. The summed E-state index contributed by atoms with van der Waals surface area (Å²) in [5, 5.41) is 3.05. The highest BCUT2D eigenvalue weighted by Gasteiger charge is 2.50. The molecule has 0 aromatic carbocycles. The number of pyridine rings is 1. The molecule has 2 aromatic rings. The zero-order valence-electron chi connectivity index (χ0n) is 16.1. The molecule has 4 heterocycles. The third-order valence-corrected chi connectivity index (χ3v) is 6.46. The van der Waals surface area contributed by atoms with Crippen molar-refractivity contribution in [3.05, 3.63) is 35.7 Å². The van der Waals surface area contributed by atoms with Crippen molar-refractivity contribution in [3.63, 3.8) is 0 Å². The minimum absolute atomic E-state index is 0.0455. The molecule has 5 rings (SSSR count). The maximum atomic E-state index is 12.3. The van der Waals surface area contributed by atoms with Crippen LogP contribution in [0.4, 0.5) is 5.82 Å². The van der Waals surface area contributed by atoms with Crippen LogP contribution in [0.3, 0.4) is 0 Å². The predicted octanol–water partition coefficient (Wildman–Crippen LogP) is 2.38. The van der Waals surface area contributed by atoms with Gasteiger partial charge in [0.05, 0.1) is 5.56 Å². The predicted molar refractivity (Wildman–Crippen MR) is 106 cm³/mol. The number of carbonyl (C=O) groups excluding carboxylic acids is 1. The summed E-state index contributed by atoms with van der Waals surface area (Å²) < 4.78 is 0. The fraction of sp³-hybridized carbons (Fsp3) is 0.524. The summed E-state index contributed by atoms with van der Waals surface area (Å²) in [6.07, 6.45) is 4.19. The lowest BCUT2D eigenvalue weighted by Crippen LogP contribution is -2.49. The first-order valence-corrected chi connectivity index (χ1v) is 10.0. The minimum Gasteiger partial charge on any atom is -0.357 e. The van der Waals surface area contributed by atoms with Crippen LogP contribution in [0.25, 0.3) is 11.3 Å². The topological polar surface area (TPSA) is 64.3 Å². The molecule has 142 valence electrons. The van der Waals surface area contributed by atoms with E-state index in [2.05, 4.69) is 45.0 Å². The SMILES string of the molecule is CC(C)N1CCN(c2cc(-c3cc4c([nH]3)C3(CC3)CNC4=O)ccn2)CC1. The second-order valence-corrected chi connectivity index (χ2v) is 8.45. The van der Waals surface area contributed by atoms with E-state index >= 15 is 0 Å². The Morgan fingerprint density at radius 2 is 1.93 bits per heavy atom. The number of aromatic nitrogens is 2. The van der Waals surface area contributed by atoms with Crippen molar-refractivity contribution >= 4 is 11.7 Å². The van der Waals surface area contributed by atoms with Gasteiger partial charge in [0, 0.05) is 67.3 Å². The summed E-state index contributed by atoms with van der Waals surface area (Å²) >= 11 is 0. The highest BCUT2D eigenvalue weighted by Crippen LogP contribution is 2.50. The van der Waals surface area contributed by atoms with Crippen LogP contribution in [-0.2, 0) is 5.41 Å². The van der Waals surface area contributed by atoms with Gasteiger partial charge in [-0.3, -0.25) is 9.69 Å². The van der Waals surface area contributed by atoms with Crippen molar-refractivity contribution in [2.45, 2.75) is 38.1 Å². The van der Waals surface area contributed by atoms with Gasteiger partial charge in [-0.1, -0.05) is 0 Å². The number of hydrogen-bond acceptors (Lipinski definition) is 4. The average molecular weight is 365 g/mol. The van der Waals surface area contributed by atoms with E-state index in [0.717, 1.165) is 73.9 Å². The van der Waals surface area contributed by atoms with Crippen LogP contribution in [0.1, 0.15) is 42.7 Å². The average Bonchev–Trinajstić information content (AvgIpc) is 3.32. The highest BCUT2D eigenvalue weighted by atomic mass is 16.1. The summed E-state index contributed by atoms with van der Waals surface area (Å²) in [7, 11) is 0. The number of carbonyl (C=O) groups is 1. The minimum atomic E-state index is 0.0455. The molecule has 0 bridgehead atoms. The maximum absolute atomic E-state index is 12.3. The van der Waals surface area contributed by atoms with Crippen LogP contribution in [0.5, 0.6) is 0 Å². The molecule has 2 aromatic heterocycles. The largest absolute Gasteiger partial charge is 0.357 e. The Balaban J connectivity index is 1.41. The highest BCUT2D eigenvalue weighted by molar-refractivity contribution is 5.98. The molecule has 0 atom stereocenters. The molecule has 2 fully saturated rings. The molecule has 2 N–H and O–H groups in total. The Labute approximate surface area is 160 Å². The van der Waals surface area contributed by atoms with Gasteiger partial charge in [-0.15, -0.1) is 0 Å². The van der Waals surface area contributed by atoms with Gasteiger partial charge in [0.15, 0.2) is 0 Å². The van der Waals surface area contributed by atoms with Crippen LogP contribution in [0.15, 0.2) is 24.4 Å². The number of rotatable bonds is 3. The Bertz CT molecular complexity index is 874. The molecule has 1 aliphatic carbocycles. The molecule has 27 heavy (non-hydrogen) atoms. The number of fused-ring (bicyclic) bond motifs is 2. The first kappa shape index (κ1) is 16.8. The number of aromatic amines is 1. The molecule has 6 heteroatoms. The number of H-pyrrole nitrogens is 1. The molecule has 6 nitrogen and oxygen atoms in total. The van der Waals surface area contributed by atoms with E-state index in [-0.39, 0.29) is 11.3 Å². The van der Waals surface area contributed by atoms with Crippen molar-refractivity contribution in [2.24, 2.45) is 0 Å². The standard InChI is InChI=1S/C21H27N5O/c1-14(2)25-7-9-26(10-8-25)18-11-15(3-6-22-18)17-12-16-19(24-17)21(4-5-21)13-23-20(16)27/h3,6,11-12,14,24H,4-5,7-10,13H2,1-2H3,(H,23,27). The van der Waals surface area contributed by atoms with Crippen molar-refractivity contribution < 1.29 is 4.79 Å². The van der Waals surface area contributed by atoms with Gasteiger partial charge in [0.1, 0.15) is 5.82 Å². The fourth-order valence-corrected chi connectivity index (χ4v) is 4.44. The van der Waals surface area contributed by atoms with Gasteiger partial charge in [-0.05, 0) is 44.9 Å². The molecule has 3 aliphatic rings. The van der Waals surface area contributed by atoms with Gasteiger partial charge < -0.3 is 15.2 Å². The number of hydrogen-bond donors (Lipinski definition) is 2. The molecule has 1 saturated carbocycles. The number of nitrogens with one attached hydrogen (secondary N) is 2. The Morgan fingerprint density at radius 3 is 2.63 bits per heavy atom. The van der Waals surface area contributed by atoms with Crippen LogP contribution >= 0.6 is 0 Å². The number of piperazine rings is 1. The van der Waals surface area contributed by atoms with Gasteiger partial charge >= 0.3 is 0 Å². The van der Waals surface area contributed by atoms with E-state index in [1.807, 2.05) is 18.3 Å². The fourth-order valence-electron chi connectivity index (χ4n) is 4.44. The lowest BCUT2D eigenvalue weighted by Gasteiger charge is -2.37. The molecule has 1 saturated heterocycles. The van der Waals surface area contributed by atoms with Crippen LogP contribution in [0, 0.1) is 0 Å². The Kier molecular flexibility index (Phi) is 3.79. The smallest absolute Gasteiger partial charge is 0.253 e. The number of anilines is 1. The molecule has 0 unspecified atom stereocenters. The molecule has 0 radical (unpaired) electrons. The van der Waals surface area contributed by atoms with E-state index in [4.69, 9.17) is 0 Å². The number of amides is 1. The summed E-state index contributed by atoms with van der Waals surface area (Å²) in [6, 6.07) is 6.79. The third-order valence-electron chi connectivity index (χ3n) is 6.46. The lowest BCUT2D eigenvalue weighted by atomic mass is 9.95. The summed E-state index contributed by atoms with van der Waals surface area (Å²) in [5.74, 6) is 1.07. The summed E-state index contributed by atoms with van der Waals surface area (Å²) in [4.78, 5) is 25.3. The van der Waals surface area contributed by atoms with Gasteiger partial charge in [-0.25, -0.2) is 4.98 Å². The van der Waals surface area contributed by atoms with Gasteiger partial charge in [0.25, 0.3) is 5.91 Å². The molecule has 2 aliphatic heterocycles. The van der Waals surface area contributed by atoms with E-state index in [0.29, 0.717) is 6.04 Å². The summed E-state index contributed by atoms with van der Waals surface area (Å²) in [5.41, 5.74) is 4.23. The Morgan fingerprint density at radius 1 is 1.15 bits per heavy atom. The van der Waals surface area contributed by atoms with E-state index in [1.54, 1.807) is 0 Å². The van der Waals surface area contributed by atoms with E-state index in [1.165, 1.54) is 0 Å². The monoisotopic (exact) mass is 365 g/mol. The van der Waals surface area contributed by atoms with Crippen LogP contribution < -0.4 is 10.2 Å². The van der Waals surface area contributed by atoms with Crippen molar-refractivity contribution in [2.75, 3.05) is 37.6 Å².